The maximum Gasteiger partial charge on any atom is 0.291 e. The summed E-state index contributed by atoms with van der Waals surface area (Å²) in [5, 5.41) is 0.689. The Hall–Kier alpha value is -2.29. The monoisotopic (exact) mass is 475 g/mol. The molecule has 1 saturated heterocycles. The van der Waals surface area contributed by atoms with Crippen molar-refractivity contribution in [2.45, 2.75) is 23.4 Å². The summed E-state index contributed by atoms with van der Waals surface area (Å²) in [6.07, 6.45) is 2.30. The number of thioether (sulfide) groups is 1. The standard InChI is InChI=1S/C22H18ClNO5S2/c1-30-15-5-2-12(3-6-15)19-18-20(25)16-10-13(23)4-7-17(16)29-21(18)22(26)24(19)14-8-9-31(27,28)11-14/h2-7,10,14,19H,8-9,11H2,1H3. The molecule has 2 unspecified atom stereocenters. The molecule has 9 heteroatoms. The summed E-state index contributed by atoms with van der Waals surface area (Å²) < 4.78 is 30.2. The van der Waals surface area contributed by atoms with Crippen LogP contribution in [0.15, 0.2) is 56.6 Å². The number of sulfone groups is 1. The zero-order valence-electron chi connectivity index (χ0n) is 16.5. The number of benzene rings is 2. The van der Waals surface area contributed by atoms with Crippen molar-refractivity contribution in [3.8, 4) is 0 Å². The highest BCUT2D eigenvalue weighted by Crippen LogP contribution is 2.41. The van der Waals surface area contributed by atoms with Gasteiger partial charge in [0.1, 0.15) is 5.58 Å². The van der Waals surface area contributed by atoms with Gasteiger partial charge in [-0.05, 0) is 48.6 Å². The highest BCUT2D eigenvalue weighted by Gasteiger charge is 2.48. The topological polar surface area (TPSA) is 84.7 Å². The molecule has 2 aliphatic heterocycles. The van der Waals surface area contributed by atoms with Gasteiger partial charge in [0.2, 0.25) is 5.76 Å². The first-order valence-electron chi connectivity index (χ1n) is 9.72. The van der Waals surface area contributed by atoms with Gasteiger partial charge in [0.25, 0.3) is 5.91 Å². The van der Waals surface area contributed by atoms with Gasteiger partial charge in [-0.2, -0.15) is 0 Å². The van der Waals surface area contributed by atoms with Crippen LogP contribution in [-0.2, 0) is 9.84 Å². The van der Waals surface area contributed by atoms with E-state index in [-0.39, 0.29) is 33.8 Å². The van der Waals surface area contributed by atoms with Gasteiger partial charge in [-0.3, -0.25) is 9.59 Å². The quantitative estimate of drug-likeness (QED) is 0.534. The molecule has 2 atom stereocenters. The van der Waals surface area contributed by atoms with Crippen LogP contribution in [0, 0.1) is 0 Å². The number of rotatable bonds is 3. The van der Waals surface area contributed by atoms with E-state index in [1.165, 1.54) is 11.0 Å². The minimum Gasteiger partial charge on any atom is -0.450 e. The van der Waals surface area contributed by atoms with Crippen molar-refractivity contribution in [2.24, 2.45) is 0 Å². The van der Waals surface area contributed by atoms with E-state index in [0.717, 1.165) is 10.5 Å². The summed E-state index contributed by atoms with van der Waals surface area (Å²) in [5.74, 6) is -0.575. The van der Waals surface area contributed by atoms with Crippen molar-refractivity contribution < 1.29 is 17.6 Å². The van der Waals surface area contributed by atoms with E-state index in [9.17, 15) is 18.0 Å². The van der Waals surface area contributed by atoms with Crippen molar-refractivity contribution in [3.63, 3.8) is 0 Å². The molecule has 0 bridgehead atoms. The molecule has 2 aromatic carbocycles. The van der Waals surface area contributed by atoms with Gasteiger partial charge in [0, 0.05) is 16.0 Å². The van der Waals surface area contributed by atoms with E-state index in [1.54, 1.807) is 23.9 Å². The molecule has 1 amide bonds. The van der Waals surface area contributed by atoms with Gasteiger partial charge >= 0.3 is 0 Å². The SMILES string of the molecule is CSc1ccc(C2c3c(oc4ccc(Cl)cc4c3=O)C(=O)N2C2CCS(=O)(=O)C2)cc1. The lowest BCUT2D eigenvalue weighted by molar-refractivity contribution is 0.0662. The smallest absolute Gasteiger partial charge is 0.291 e. The number of fused-ring (bicyclic) bond motifs is 2. The summed E-state index contributed by atoms with van der Waals surface area (Å²) in [6.45, 7) is 0. The van der Waals surface area contributed by atoms with Crippen LogP contribution in [0.2, 0.25) is 5.02 Å². The van der Waals surface area contributed by atoms with Crippen molar-refractivity contribution in [2.75, 3.05) is 17.8 Å². The normalized spacial score (nSPS) is 22.3. The summed E-state index contributed by atoms with van der Waals surface area (Å²) in [4.78, 5) is 29.5. The summed E-state index contributed by atoms with van der Waals surface area (Å²) in [5.41, 5.74) is 0.928. The number of amides is 1. The average molecular weight is 476 g/mol. The van der Waals surface area contributed by atoms with Gasteiger partial charge < -0.3 is 9.32 Å². The lowest BCUT2D eigenvalue weighted by Gasteiger charge is -2.30. The Morgan fingerprint density at radius 2 is 1.87 bits per heavy atom. The molecule has 0 saturated carbocycles. The molecule has 2 aliphatic rings. The third kappa shape index (κ3) is 3.37. The highest BCUT2D eigenvalue weighted by molar-refractivity contribution is 7.98. The second-order valence-corrected chi connectivity index (χ2v) is 11.3. The molecule has 0 spiro atoms. The fourth-order valence-electron chi connectivity index (χ4n) is 4.45. The van der Waals surface area contributed by atoms with Crippen LogP contribution in [0.25, 0.3) is 11.0 Å². The van der Waals surface area contributed by atoms with E-state index >= 15 is 0 Å². The maximum absolute atomic E-state index is 13.5. The molecular formula is C22H18ClNO5S2. The van der Waals surface area contributed by atoms with Crippen molar-refractivity contribution in [3.05, 3.63) is 74.6 Å². The molecule has 0 aliphatic carbocycles. The first-order chi connectivity index (χ1) is 14.8. The Bertz CT molecular complexity index is 1380. The molecule has 0 radical (unpaired) electrons. The second kappa shape index (κ2) is 7.39. The van der Waals surface area contributed by atoms with Crippen LogP contribution in [-0.4, -0.2) is 43.0 Å². The summed E-state index contributed by atoms with van der Waals surface area (Å²) in [6, 6.07) is 11.1. The number of halogens is 1. The third-order valence-corrected chi connectivity index (χ3v) is 8.63. The highest BCUT2D eigenvalue weighted by atomic mass is 35.5. The largest absolute Gasteiger partial charge is 0.450 e. The van der Waals surface area contributed by atoms with Crippen molar-refractivity contribution in [1.29, 1.82) is 0 Å². The van der Waals surface area contributed by atoms with E-state index in [4.69, 9.17) is 16.0 Å². The first kappa shape index (κ1) is 20.6. The maximum atomic E-state index is 13.5. The van der Waals surface area contributed by atoms with Crippen LogP contribution >= 0.6 is 23.4 Å². The van der Waals surface area contributed by atoms with Crippen LogP contribution in [0.5, 0.6) is 0 Å². The lowest BCUT2D eigenvalue weighted by atomic mass is 9.97. The molecule has 31 heavy (non-hydrogen) atoms. The van der Waals surface area contributed by atoms with Crippen molar-refractivity contribution >= 4 is 50.1 Å². The lowest BCUT2D eigenvalue weighted by Crippen LogP contribution is -2.40. The zero-order chi connectivity index (χ0) is 21.9. The minimum atomic E-state index is -3.24. The van der Waals surface area contributed by atoms with Crippen LogP contribution in [0.4, 0.5) is 0 Å². The van der Waals surface area contributed by atoms with Crippen molar-refractivity contribution in [1.82, 2.24) is 4.90 Å². The fraction of sp³-hybridized carbons (Fsp3) is 0.273. The molecule has 0 N–H and O–H groups in total. The number of hydrogen-bond donors (Lipinski definition) is 0. The van der Waals surface area contributed by atoms with Crippen LogP contribution in [0.3, 0.4) is 0 Å². The Morgan fingerprint density at radius 3 is 2.52 bits per heavy atom. The number of carbonyl (C=O) groups excluding carboxylic acids is 1. The first-order valence-corrected chi connectivity index (χ1v) is 13.1. The molecular weight excluding hydrogens is 458 g/mol. The Morgan fingerprint density at radius 1 is 1.13 bits per heavy atom. The van der Waals surface area contributed by atoms with Gasteiger partial charge in [-0.15, -0.1) is 11.8 Å². The van der Waals surface area contributed by atoms with Crippen LogP contribution < -0.4 is 5.43 Å². The predicted molar refractivity (Wildman–Crippen MR) is 121 cm³/mol. The fourth-order valence-corrected chi connectivity index (χ4v) is 6.74. The van der Waals surface area contributed by atoms with E-state index in [0.29, 0.717) is 16.8 Å². The van der Waals surface area contributed by atoms with Gasteiger partial charge in [0.05, 0.1) is 28.5 Å². The molecule has 1 fully saturated rings. The molecule has 3 heterocycles. The Kier molecular flexibility index (Phi) is 4.91. The minimum absolute atomic E-state index is 0.0227. The summed E-state index contributed by atoms with van der Waals surface area (Å²) >= 11 is 7.68. The predicted octanol–water partition coefficient (Wildman–Crippen LogP) is 3.90. The molecule has 5 rings (SSSR count). The third-order valence-electron chi connectivity index (χ3n) is 5.90. The number of hydrogen-bond acceptors (Lipinski definition) is 6. The Labute approximate surface area is 188 Å². The number of nitrogens with zero attached hydrogens (tertiary/aromatic N) is 1. The molecule has 6 nitrogen and oxygen atoms in total. The number of carbonyl (C=O) groups is 1. The molecule has 1 aromatic heterocycles. The summed E-state index contributed by atoms with van der Waals surface area (Å²) in [7, 11) is -3.24. The van der Waals surface area contributed by atoms with E-state index < -0.39 is 27.8 Å². The van der Waals surface area contributed by atoms with E-state index in [2.05, 4.69) is 0 Å². The zero-order valence-corrected chi connectivity index (χ0v) is 18.9. The van der Waals surface area contributed by atoms with Crippen LogP contribution in [0.1, 0.15) is 34.1 Å². The second-order valence-electron chi connectivity index (χ2n) is 7.76. The van der Waals surface area contributed by atoms with Gasteiger partial charge in [-0.1, -0.05) is 23.7 Å². The molecule has 160 valence electrons. The average Bonchev–Trinajstić information content (AvgIpc) is 3.25. The van der Waals surface area contributed by atoms with Gasteiger partial charge in [-0.25, -0.2) is 8.42 Å². The van der Waals surface area contributed by atoms with E-state index in [1.807, 2.05) is 30.5 Å². The molecule has 3 aromatic rings. The van der Waals surface area contributed by atoms with Gasteiger partial charge in [0.15, 0.2) is 15.3 Å². The Balaban J connectivity index is 1.75.